The molecule has 0 aromatic carbocycles. The highest BCUT2D eigenvalue weighted by atomic mass is 16.5. The van der Waals surface area contributed by atoms with Crippen LogP contribution in [0.1, 0.15) is 35.3 Å². The Bertz CT molecular complexity index is 1210. The average molecular weight is 463 g/mol. The fourth-order valence-electron chi connectivity index (χ4n) is 4.08. The van der Waals surface area contributed by atoms with E-state index in [0.29, 0.717) is 24.7 Å². The van der Waals surface area contributed by atoms with Crippen LogP contribution in [0.15, 0.2) is 47.7 Å². The van der Waals surface area contributed by atoms with E-state index >= 15 is 0 Å². The molecule has 176 valence electrons. The summed E-state index contributed by atoms with van der Waals surface area (Å²) in [5.41, 5.74) is 1.56. The number of aryl methyl sites for hydroxylation is 1. The maximum absolute atomic E-state index is 12.3. The zero-order chi connectivity index (χ0) is 23.5. The quantitative estimate of drug-likeness (QED) is 0.475. The molecule has 34 heavy (non-hydrogen) atoms. The molecular formula is C23H26N8O3. The van der Waals surface area contributed by atoms with E-state index in [2.05, 4.69) is 36.1 Å². The standard InChI is InChI=1S/C23H26N8O3/c1-14-3-2-8-31(22(14)33)18-6-7-20(24-10-18)26-15-4-5-16(9-15)28-23-25-11-19(29-30-23)21(32)27-17-12-34-13-17/h2-3,6-8,10-11,15-17H,4-5,9,12-13H2,1H3,(H,24,26)(H,27,32)(H,25,28,30)/t15-,16-/m0/s1. The van der Waals surface area contributed by atoms with Gasteiger partial charge in [-0.05, 0) is 44.4 Å². The Balaban J connectivity index is 1.13. The predicted octanol–water partition coefficient (Wildman–Crippen LogP) is 1.30. The Morgan fingerprint density at radius 3 is 2.53 bits per heavy atom. The lowest BCUT2D eigenvalue weighted by Gasteiger charge is -2.26. The number of nitrogens with one attached hydrogen (secondary N) is 3. The van der Waals surface area contributed by atoms with Crippen molar-refractivity contribution in [2.24, 2.45) is 0 Å². The second kappa shape index (κ2) is 9.56. The fourth-order valence-corrected chi connectivity index (χ4v) is 4.08. The van der Waals surface area contributed by atoms with Gasteiger partial charge in [0, 0.05) is 23.8 Å². The number of hydrogen-bond donors (Lipinski definition) is 3. The molecule has 3 aromatic heterocycles. The highest BCUT2D eigenvalue weighted by Gasteiger charge is 2.26. The molecule has 2 fully saturated rings. The van der Waals surface area contributed by atoms with Gasteiger partial charge in [-0.1, -0.05) is 6.07 Å². The van der Waals surface area contributed by atoms with Crippen molar-refractivity contribution in [2.45, 2.75) is 44.3 Å². The first kappa shape index (κ1) is 22.0. The van der Waals surface area contributed by atoms with Gasteiger partial charge in [-0.3, -0.25) is 14.2 Å². The molecule has 1 saturated heterocycles. The fraction of sp³-hybridized carbons (Fsp3) is 0.391. The zero-order valence-corrected chi connectivity index (χ0v) is 18.8. The van der Waals surface area contributed by atoms with E-state index in [0.717, 1.165) is 30.8 Å². The van der Waals surface area contributed by atoms with E-state index in [4.69, 9.17) is 4.74 Å². The van der Waals surface area contributed by atoms with Gasteiger partial charge in [-0.25, -0.2) is 9.97 Å². The summed E-state index contributed by atoms with van der Waals surface area (Å²) in [7, 11) is 0. The average Bonchev–Trinajstić information content (AvgIpc) is 3.25. The van der Waals surface area contributed by atoms with Crippen molar-refractivity contribution in [3.05, 3.63) is 64.5 Å². The second-order valence-corrected chi connectivity index (χ2v) is 8.64. The minimum atomic E-state index is -0.296. The van der Waals surface area contributed by atoms with Gasteiger partial charge in [-0.15, -0.1) is 10.2 Å². The van der Waals surface area contributed by atoms with Crippen LogP contribution in [-0.2, 0) is 4.74 Å². The summed E-state index contributed by atoms with van der Waals surface area (Å²) in [6.45, 7) is 2.84. The van der Waals surface area contributed by atoms with Crippen LogP contribution in [0.25, 0.3) is 5.69 Å². The van der Waals surface area contributed by atoms with Gasteiger partial charge in [0.25, 0.3) is 11.5 Å². The van der Waals surface area contributed by atoms with Crippen molar-refractivity contribution >= 4 is 17.7 Å². The van der Waals surface area contributed by atoms with Gasteiger partial charge >= 0.3 is 0 Å². The van der Waals surface area contributed by atoms with E-state index in [1.165, 1.54) is 6.20 Å². The molecule has 0 unspecified atom stereocenters. The number of amides is 1. The molecule has 1 saturated carbocycles. The van der Waals surface area contributed by atoms with Crippen LogP contribution in [-0.4, -0.2) is 62.0 Å². The first-order valence-corrected chi connectivity index (χ1v) is 11.3. The van der Waals surface area contributed by atoms with Gasteiger partial charge in [0.05, 0.1) is 37.3 Å². The van der Waals surface area contributed by atoms with Crippen molar-refractivity contribution in [3.63, 3.8) is 0 Å². The van der Waals surface area contributed by atoms with Crippen molar-refractivity contribution < 1.29 is 9.53 Å². The minimum Gasteiger partial charge on any atom is -0.377 e. The molecule has 4 heterocycles. The molecule has 2 aliphatic rings. The molecule has 1 amide bonds. The van der Waals surface area contributed by atoms with Crippen LogP contribution in [0.5, 0.6) is 0 Å². The molecule has 0 spiro atoms. The van der Waals surface area contributed by atoms with Crippen molar-refractivity contribution in [3.8, 4) is 5.69 Å². The Morgan fingerprint density at radius 1 is 1.03 bits per heavy atom. The number of rotatable bonds is 7. The molecule has 0 bridgehead atoms. The Hall–Kier alpha value is -3.86. The third-order valence-corrected chi connectivity index (χ3v) is 6.05. The van der Waals surface area contributed by atoms with Crippen LogP contribution in [0.2, 0.25) is 0 Å². The van der Waals surface area contributed by atoms with E-state index in [-0.39, 0.29) is 35.3 Å². The lowest BCUT2D eigenvalue weighted by Crippen LogP contribution is -2.48. The summed E-state index contributed by atoms with van der Waals surface area (Å²) in [5, 5.41) is 17.6. The molecular weight excluding hydrogens is 436 g/mol. The van der Waals surface area contributed by atoms with Gasteiger partial charge in [0.15, 0.2) is 5.69 Å². The third-order valence-electron chi connectivity index (χ3n) is 6.05. The summed E-state index contributed by atoms with van der Waals surface area (Å²) < 4.78 is 6.63. The monoisotopic (exact) mass is 462 g/mol. The Labute approximate surface area is 196 Å². The maximum atomic E-state index is 12.3. The smallest absolute Gasteiger partial charge is 0.273 e. The second-order valence-electron chi connectivity index (χ2n) is 8.64. The number of carbonyl (C=O) groups is 1. The molecule has 3 N–H and O–H groups in total. The number of nitrogens with zero attached hydrogens (tertiary/aromatic N) is 5. The number of hydrogen-bond acceptors (Lipinski definition) is 9. The van der Waals surface area contributed by atoms with Crippen LogP contribution in [0.4, 0.5) is 11.8 Å². The number of ether oxygens (including phenoxy) is 1. The molecule has 0 radical (unpaired) electrons. The summed E-state index contributed by atoms with van der Waals surface area (Å²) in [6, 6.07) is 7.89. The first-order chi connectivity index (χ1) is 16.5. The topological polar surface area (TPSA) is 136 Å². The molecule has 1 aliphatic heterocycles. The number of anilines is 2. The molecule has 3 aromatic rings. The number of aromatic nitrogens is 5. The lowest BCUT2D eigenvalue weighted by atomic mass is 10.2. The number of carbonyl (C=O) groups excluding carboxylic acids is 1. The Kier molecular flexibility index (Phi) is 6.17. The molecule has 1 aliphatic carbocycles. The van der Waals surface area contributed by atoms with E-state index in [1.807, 2.05) is 18.2 Å². The maximum Gasteiger partial charge on any atom is 0.273 e. The highest BCUT2D eigenvalue weighted by Crippen LogP contribution is 2.24. The lowest BCUT2D eigenvalue weighted by molar-refractivity contribution is -0.00357. The summed E-state index contributed by atoms with van der Waals surface area (Å²) in [6.07, 6.45) is 7.65. The van der Waals surface area contributed by atoms with Crippen LogP contribution in [0.3, 0.4) is 0 Å². The SMILES string of the molecule is Cc1cccn(-c2ccc(N[C@H]3CC[C@H](Nc4ncc(C(=O)NC5COC5)nn4)C3)nc2)c1=O. The predicted molar refractivity (Wildman–Crippen MR) is 125 cm³/mol. The molecule has 5 rings (SSSR count). The molecule has 11 nitrogen and oxygen atoms in total. The van der Waals surface area contributed by atoms with Crippen molar-refractivity contribution in [1.82, 2.24) is 30.0 Å². The van der Waals surface area contributed by atoms with Crippen LogP contribution in [0, 0.1) is 6.92 Å². The normalized spacial score (nSPS) is 19.9. The first-order valence-electron chi connectivity index (χ1n) is 11.3. The number of pyridine rings is 2. The van der Waals surface area contributed by atoms with Crippen LogP contribution >= 0.6 is 0 Å². The van der Waals surface area contributed by atoms with Crippen molar-refractivity contribution in [1.29, 1.82) is 0 Å². The van der Waals surface area contributed by atoms with E-state index in [1.54, 1.807) is 30.0 Å². The summed E-state index contributed by atoms with van der Waals surface area (Å²) in [4.78, 5) is 33.1. The van der Waals surface area contributed by atoms with Gasteiger partial charge < -0.3 is 20.7 Å². The summed E-state index contributed by atoms with van der Waals surface area (Å²) in [5.74, 6) is 0.872. The Morgan fingerprint density at radius 2 is 1.85 bits per heavy atom. The third kappa shape index (κ3) is 4.88. The highest BCUT2D eigenvalue weighted by molar-refractivity contribution is 5.92. The van der Waals surface area contributed by atoms with Crippen molar-refractivity contribution in [2.75, 3.05) is 23.8 Å². The van der Waals surface area contributed by atoms with Crippen LogP contribution < -0.4 is 21.5 Å². The minimum absolute atomic E-state index is 0.0335. The largest absolute Gasteiger partial charge is 0.377 e. The van der Waals surface area contributed by atoms with E-state index < -0.39 is 0 Å². The molecule has 2 atom stereocenters. The van der Waals surface area contributed by atoms with E-state index in [9.17, 15) is 9.59 Å². The van der Waals surface area contributed by atoms with Gasteiger partial charge in [-0.2, -0.15) is 0 Å². The van der Waals surface area contributed by atoms with Gasteiger partial charge in [0.2, 0.25) is 5.95 Å². The van der Waals surface area contributed by atoms with Gasteiger partial charge in [0.1, 0.15) is 5.82 Å². The zero-order valence-electron chi connectivity index (χ0n) is 18.8. The molecule has 11 heteroatoms. The summed E-state index contributed by atoms with van der Waals surface area (Å²) >= 11 is 0.